The third-order valence-corrected chi connectivity index (χ3v) is 5.48. The molecule has 0 radical (unpaired) electrons. The second-order valence-electron chi connectivity index (χ2n) is 7.89. The monoisotopic (exact) mass is 499 g/mol. The lowest BCUT2D eigenvalue weighted by atomic mass is 10.2. The van der Waals surface area contributed by atoms with Crippen molar-refractivity contribution < 1.29 is 22.7 Å². The fraction of sp³-hybridized carbons (Fsp3) is 0.154. The Morgan fingerprint density at radius 1 is 1.03 bits per heavy atom. The highest BCUT2D eigenvalue weighted by atomic mass is 35.5. The summed E-state index contributed by atoms with van der Waals surface area (Å²) >= 11 is 6.20. The summed E-state index contributed by atoms with van der Waals surface area (Å²) in [5.41, 5.74) is 1.73. The van der Waals surface area contributed by atoms with Gasteiger partial charge in [-0.1, -0.05) is 48.0 Å². The largest absolute Gasteiger partial charge is 0.489 e. The number of benzene rings is 3. The van der Waals surface area contributed by atoms with Gasteiger partial charge in [-0.2, -0.15) is 18.3 Å². The van der Waals surface area contributed by atoms with Crippen molar-refractivity contribution in [3.8, 4) is 5.75 Å². The van der Waals surface area contributed by atoms with E-state index in [2.05, 4.69) is 10.4 Å². The first kappa shape index (κ1) is 24.3. The molecule has 0 atom stereocenters. The zero-order chi connectivity index (χ0) is 25.0. The fourth-order valence-electron chi connectivity index (χ4n) is 3.46. The molecule has 4 aromatic rings. The summed E-state index contributed by atoms with van der Waals surface area (Å²) in [4.78, 5) is 12.7. The second-order valence-corrected chi connectivity index (χ2v) is 8.32. The van der Waals surface area contributed by atoms with Crippen molar-refractivity contribution in [1.82, 2.24) is 9.78 Å². The fourth-order valence-corrected chi connectivity index (χ4v) is 3.65. The summed E-state index contributed by atoms with van der Waals surface area (Å²) in [6.07, 6.45) is -4.50. The van der Waals surface area contributed by atoms with E-state index in [0.29, 0.717) is 23.1 Å². The van der Waals surface area contributed by atoms with Gasteiger partial charge >= 0.3 is 6.18 Å². The molecule has 0 saturated carbocycles. The number of anilines is 1. The van der Waals surface area contributed by atoms with Gasteiger partial charge < -0.3 is 10.1 Å². The number of nitrogens with one attached hydrogen (secondary N) is 1. The number of amides is 1. The maximum absolute atomic E-state index is 13.0. The van der Waals surface area contributed by atoms with Gasteiger partial charge in [0, 0.05) is 22.0 Å². The van der Waals surface area contributed by atoms with Gasteiger partial charge in [-0.3, -0.25) is 9.48 Å². The van der Waals surface area contributed by atoms with E-state index < -0.39 is 17.6 Å². The molecule has 35 heavy (non-hydrogen) atoms. The van der Waals surface area contributed by atoms with E-state index in [4.69, 9.17) is 16.3 Å². The Balaban J connectivity index is 1.50. The third kappa shape index (κ3) is 6.22. The Morgan fingerprint density at radius 2 is 1.80 bits per heavy atom. The first-order valence-corrected chi connectivity index (χ1v) is 11.0. The molecule has 0 aliphatic carbocycles. The molecular formula is C26H21ClF3N3O2. The molecule has 5 nitrogen and oxygen atoms in total. The number of alkyl halides is 3. The Kier molecular flexibility index (Phi) is 7.12. The lowest BCUT2D eigenvalue weighted by Crippen LogP contribution is -2.14. The van der Waals surface area contributed by atoms with Crippen LogP contribution in [0.25, 0.3) is 0 Å². The van der Waals surface area contributed by atoms with E-state index in [0.717, 1.165) is 23.3 Å². The van der Waals surface area contributed by atoms with Crippen LogP contribution < -0.4 is 10.1 Å². The average Bonchev–Trinajstić information content (AvgIpc) is 3.19. The van der Waals surface area contributed by atoms with E-state index in [1.54, 1.807) is 35.9 Å². The molecule has 0 unspecified atom stereocenters. The summed E-state index contributed by atoms with van der Waals surface area (Å²) in [6, 6.07) is 21.0. The van der Waals surface area contributed by atoms with E-state index >= 15 is 0 Å². The van der Waals surface area contributed by atoms with Crippen LogP contribution in [0.4, 0.5) is 18.9 Å². The highest BCUT2D eigenvalue weighted by molar-refractivity contribution is 6.30. The van der Waals surface area contributed by atoms with Gasteiger partial charge in [0.2, 0.25) is 0 Å². The van der Waals surface area contributed by atoms with Crippen LogP contribution in [0.1, 0.15) is 32.9 Å². The van der Waals surface area contributed by atoms with Crippen molar-refractivity contribution in [3.05, 3.63) is 112 Å². The topological polar surface area (TPSA) is 56.2 Å². The predicted molar refractivity (Wildman–Crippen MR) is 128 cm³/mol. The number of carbonyl (C=O) groups is 1. The molecule has 4 rings (SSSR count). The lowest BCUT2D eigenvalue weighted by molar-refractivity contribution is -0.137. The first-order chi connectivity index (χ1) is 16.7. The summed E-state index contributed by atoms with van der Waals surface area (Å²) in [6.45, 7) is 2.44. The van der Waals surface area contributed by atoms with Crippen LogP contribution in [0.3, 0.4) is 0 Å². The number of aryl methyl sites for hydroxylation is 1. The number of hydrogen-bond acceptors (Lipinski definition) is 3. The number of hydrogen-bond donors (Lipinski definition) is 1. The average molecular weight is 500 g/mol. The van der Waals surface area contributed by atoms with Gasteiger partial charge in [0.1, 0.15) is 12.4 Å². The third-order valence-electron chi connectivity index (χ3n) is 5.24. The minimum absolute atomic E-state index is 0.0310. The maximum Gasteiger partial charge on any atom is 0.416 e. The Morgan fingerprint density at radius 3 is 2.54 bits per heavy atom. The van der Waals surface area contributed by atoms with Crippen LogP contribution in [0.15, 0.2) is 78.9 Å². The van der Waals surface area contributed by atoms with E-state index in [9.17, 15) is 18.0 Å². The van der Waals surface area contributed by atoms with Gasteiger partial charge in [-0.15, -0.1) is 0 Å². The number of nitrogens with zero attached hydrogens (tertiary/aromatic N) is 2. The smallest absolute Gasteiger partial charge is 0.416 e. The van der Waals surface area contributed by atoms with Gasteiger partial charge in [0.05, 0.1) is 12.1 Å². The molecule has 3 aromatic carbocycles. The molecular weight excluding hydrogens is 479 g/mol. The standard InChI is InChI=1S/C26H21ClF3N3O2/c1-17-12-23(25(34)31-22-9-5-8-20(14-22)26(28,29)30)32-33(17)15-19-13-21(27)10-11-24(19)35-16-18-6-3-2-4-7-18/h2-14H,15-16H2,1H3,(H,31,34). The maximum atomic E-state index is 13.0. The van der Waals surface area contributed by atoms with E-state index in [1.165, 1.54) is 12.1 Å². The van der Waals surface area contributed by atoms with E-state index in [1.807, 2.05) is 30.3 Å². The van der Waals surface area contributed by atoms with Crippen molar-refractivity contribution in [2.45, 2.75) is 26.3 Å². The highest BCUT2D eigenvalue weighted by Gasteiger charge is 2.30. The minimum Gasteiger partial charge on any atom is -0.489 e. The van der Waals surface area contributed by atoms with Crippen molar-refractivity contribution in [2.75, 3.05) is 5.32 Å². The summed E-state index contributed by atoms with van der Waals surface area (Å²) < 4.78 is 46.5. The Labute approximate surface area is 205 Å². The molecule has 0 spiro atoms. The predicted octanol–water partition coefficient (Wildman–Crippen LogP) is 6.74. The van der Waals surface area contributed by atoms with Crippen molar-refractivity contribution in [2.24, 2.45) is 0 Å². The van der Waals surface area contributed by atoms with Gasteiger partial charge in [0.15, 0.2) is 5.69 Å². The first-order valence-electron chi connectivity index (χ1n) is 10.7. The molecule has 180 valence electrons. The van der Waals surface area contributed by atoms with Crippen LogP contribution in [0.2, 0.25) is 5.02 Å². The van der Waals surface area contributed by atoms with Crippen molar-refractivity contribution in [3.63, 3.8) is 0 Å². The minimum atomic E-state index is -4.50. The summed E-state index contributed by atoms with van der Waals surface area (Å²) in [5.74, 6) is 0.0148. The zero-order valence-corrected chi connectivity index (χ0v) is 19.4. The number of carbonyl (C=O) groups excluding carboxylic acids is 1. The molecule has 0 aliphatic rings. The lowest BCUT2D eigenvalue weighted by Gasteiger charge is -2.13. The van der Waals surface area contributed by atoms with Crippen molar-refractivity contribution in [1.29, 1.82) is 0 Å². The number of ether oxygens (including phenoxy) is 1. The SMILES string of the molecule is Cc1cc(C(=O)Nc2cccc(C(F)(F)F)c2)nn1Cc1cc(Cl)ccc1OCc1ccccc1. The molecule has 0 aliphatic heterocycles. The van der Waals surface area contributed by atoms with Crippen LogP contribution >= 0.6 is 11.6 Å². The highest BCUT2D eigenvalue weighted by Crippen LogP contribution is 2.31. The number of aromatic nitrogens is 2. The van der Waals surface area contributed by atoms with Crippen LogP contribution in [-0.2, 0) is 19.3 Å². The molecule has 9 heteroatoms. The molecule has 0 bridgehead atoms. The van der Waals surface area contributed by atoms with Crippen LogP contribution in [-0.4, -0.2) is 15.7 Å². The zero-order valence-electron chi connectivity index (χ0n) is 18.6. The summed E-state index contributed by atoms with van der Waals surface area (Å²) in [5, 5.41) is 7.35. The van der Waals surface area contributed by atoms with Crippen LogP contribution in [0.5, 0.6) is 5.75 Å². The van der Waals surface area contributed by atoms with E-state index in [-0.39, 0.29) is 17.9 Å². The Bertz CT molecular complexity index is 1340. The normalized spacial score (nSPS) is 11.3. The van der Waals surface area contributed by atoms with Gasteiger partial charge in [0.25, 0.3) is 5.91 Å². The molecule has 1 aromatic heterocycles. The quantitative estimate of drug-likeness (QED) is 0.306. The molecule has 1 heterocycles. The van der Waals surface area contributed by atoms with Crippen LogP contribution in [0, 0.1) is 6.92 Å². The van der Waals surface area contributed by atoms with Gasteiger partial charge in [-0.25, -0.2) is 0 Å². The molecule has 1 N–H and O–H groups in total. The second kappa shape index (κ2) is 10.2. The Hall–Kier alpha value is -3.78. The number of halogens is 4. The number of rotatable bonds is 7. The van der Waals surface area contributed by atoms with Gasteiger partial charge in [-0.05, 0) is 55.0 Å². The van der Waals surface area contributed by atoms with Crippen molar-refractivity contribution >= 4 is 23.2 Å². The molecule has 0 saturated heterocycles. The molecule has 0 fully saturated rings. The summed E-state index contributed by atoms with van der Waals surface area (Å²) in [7, 11) is 0. The molecule has 1 amide bonds.